The number of nitrogens with zero attached hydrogens (tertiary/aromatic N) is 2. The van der Waals surface area contributed by atoms with E-state index in [0.29, 0.717) is 17.1 Å². The molecule has 34 heavy (non-hydrogen) atoms. The van der Waals surface area contributed by atoms with E-state index in [2.05, 4.69) is 5.32 Å². The molecule has 3 aromatic carbocycles. The van der Waals surface area contributed by atoms with Crippen LogP contribution in [0.5, 0.6) is 0 Å². The zero-order valence-corrected chi connectivity index (χ0v) is 19.3. The fraction of sp³-hybridized carbons (Fsp3) is 0.160. The molecular weight excluding hydrogens is 452 g/mol. The monoisotopic (exact) mass is 476 g/mol. The number of anilines is 2. The van der Waals surface area contributed by atoms with Crippen molar-refractivity contribution in [3.05, 3.63) is 90.0 Å². The van der Waals surface area contributed by atoms with Gasteiger partial charge in [-0.2, -0.15) is 0 Å². The normalized spacial score (nSPS) is 15.5. The maximum absolute atomic E-state index is 12.9. The molecule has 3 N–H and O–H groups in total. The van der Waals surface area contributed by atoms with Crippen molar-refractivity contribution in [3.63, 3.8) is 0 Å². The molecule has 1 unspecified atom stereocenters. The standard InChI is InChI=1S/C25H24N4O4S/c1-2-34(32,33)29(16-22(26)30)19-14-12-18(13-15-19)27-24(17-8-4-3-5-9-17)23-20-10-6-7-11-21(20)28-25(23)31/h3-15,23H,2,16H2,1H3,(H2,26,30)(H,28,31). The molecule has 3 aromatic rings. The number of hydrogen-bond donors (Lipinski definition) is 2. The van der Waals surface area contributed by atoms with Gasteiger partial charge in [0.15, 0.2) is 0 Å². The quantitative estimate of drug-likeness (QED) is 0.485. The van der Waals surface area contributed by atoms with E-state index >= 15 is 0 Å². The molecule has 1 aliphatic heterocycles. The number of aliphatic imine (C=N–C) groups is 1. The van der Waals surface area contributed by atoms with Gasteiger partial charge in [0.2, 0.25) is 21.8 Å². The summed E-state index contributed by atoms with van der Waals surface area (Å²) in [6.45, 7) is 1.05. The molecule has 0 saturated carbocycles. The molecule has 0 spiro atoms. The Bertz CT molecular complexity index is 1350. The van der Waals surface area contributed by atoms with Crippen molar-refractivity contribution in [1.82, 2.24) is 0 Å². The number of carbonyl (C=O) groups is 2. The number of primary amides is 1. The summed E-state index contributed by atoms with van der Waals surface area (Å²) in [6.07, 6.45) is 0. The second kappa shape index (κ2) is 9.48. The SMILES string of the molecule is CCS(=O)(=O)N(CC(N)=O)c1ccc(N=C(c2ccccc2)C2C(=O)Nc3ccccc32)cc1. The molecule has 1 atom stereocenters. The van der Waals surface area contributed by atoms with E-state index in [0.717, 1.165) is 21.1 Å². The lowest BCUT2D eigenvalue weighted by molar-refractivity contribution is -0.117. The molecule has 0 radical (unpaired) electrons. The van der Waals surface area contributed by atoms with Crippen LogP contribution in [0.3, 0.4) is 0 Å². The lowest BCUT2D eigenvalue weighted by Crippen LogP contribution is -2.39. The summed E-state index contributed by atoms with van der Waals surface area (Å²) in [5.41, 5.74) is 9.07. The van der Waals surface area contributed by atoms with Crippen LogP contribution in [-0.2, 0) is 19.6 Å². The average molecular weight is 477 g/mol. The van der Waals surface area contributed by atoms with Gasteiger partial charge >= 0.3 is 0 Å². The number of carbonyl (C=O) groups excluding carboxylic acids is 2. The van der Waals surface area contributed by atoms with E-state index in [4.69, 9.17) is 10.7 Å². The van der Waals surface area contributed by atoms with Crippen molar-refractivity contribution < 1.29 is 18.0 Å². The van der Waals surface area contributed by atoms with Crippen LogP contribution >= 0.6 is 0 Å². The average Bonchev–Trinajstić information content (AvgIpc) is 3.17. The molecule has 0 aromatic heterocycles. The first-order chi connectivity index (χ1) is 16.3. The van der Waals surface area contributed by atoms with Crippen molar-refractivity contribution in [3.8, 4) is 0 Å². The Morgan fingerprint density at radius 1 is 1.00 bits per heavy atom. The number of para-hydroxylation sites is 1. The summed E-state index contributed by atoms with van der Waals surface area (Å²) in [6, 6.07) is 23.4. The van der Waals surface area contributed by atoms with Gasteiger partial charge in [-0.3, -0.25) is 18.9 Å². The van der Waals surface area contributed by atoms with Gasteiger partial charge < -0.3 is 11.1 Å². The van der Waals surface area contributed by atoms with Gasteiger partial charge in [-0.25, -0.2) is 8.42 Å². The van der Waals surface area contributed by atoms with E-state index in [-0.39, 0.29) is 11.7 Å². The van der Waals surface area contributed by atoms with E-state index in [1.54, 1.807) is 24.3 Å². The highest BCUT2D eigenvalue weighted by Crippen LogP contribution is 2.36. The van der Waals surface area contributed by atoms with Gasteiger partial charge in [0, 0.05) is 5.69 Å². The number of sulfonamides is 1. The van der Waals surface area contributed by atoms with E-state index < -0.39 is 28.4 Å². The minimum absolute atomic E-state index is 0.165. The van der Waals surface area contributed by atoms with Crippen LogP contribution in [-0.4, -0.2) is 38.2 Å². The predicted molar refractivity (Wildman–Crippen MR) is 133 cm³/mol. The number of fused-ring (bicyclic) bond motifs is 1. The summed E-state index contributed by atoms with van der Waals surface area (Å²) in [7, 11) is -3.70. The molecule has 8 nitrogen and oxygen atoms in total. The lowest BCUT2D eigenvalue weighted by Gasteiger charge is -2.22. The minimum atomic E-state index is -3.70. The maximum atomic E-state index is 12.9. The third kappa shape index (κ3) is 4.69. The number of nitrogens with two attached hydrogens (primary N) is 1. The van der Waals surface area contributed by atoms with Crippen LogP contribution in [0.2, 0.25) is 0 Å². The summed E-state index contributed by atoms with van der Waals surface area (Å²) >= 11 is 0. The summed E-state index contributed by atoms with van der Waals surface area (Å²) in [5.74, 6) is -1.68. The molecule has 2 amide bonds. The fourth-order valence-electron chi connectivity index (χ4n) is 3.86. The molecule has 1 heterocycles. The van der Waals surface area contributed by atoms with Crippen molar-refractivity contribution in [2.24, 2.45) is 10.7 Å². The zero-order chi connectivity index (χ0) is 24.3. The Balaban J connectivity index is 1.76. The van der Waals surface area contributed by atoms with Gasteiger partial charge in [-0.05, 0) is 48.4 Å². The highest BCUT2D eigenvalue weighted by molar-refractivity contribution is 7.92. The molecule has 174 valence electrons. The fourth-order valence-corrected chi connectivity index (χ4v) is 4.94. The summed E-state index contributed by atoms with van der Waals surface area (Å²) in [4.78, 5) is 29.2. The molecule has 0 fully saturated rings. The van der Waals surface area contributed by atoms with E-state index in [1.807, 2.05) is 54.6 Å². The molecule has 4 rings (SSSR count). The van der Waals surface area contributed by atoms with Crippen LogP contribution < -0.4 is 15.4 Å². The Morgan fingerprint density at radius 2 is 1.65 bits per heavy atom. The minimum Gasteiger partial charge on any atom is -0.368 e. The predicted octanol–water partition coefficient (Wildman–Crippen LogP) is 3.18. The van der Waals surface area contributed by atoms with Crippen LogP contribution in [0.4, 0.5) is 17.1 Å². The number of benzene rings is 3. The number of nitrogens with one attached hydrogen (secondary N) is 1. The number of hydrogen-bond acceptors (Lipinski definition) is 5. The molecular formula is C25H24N4O4S. The second-order valence-corrected chi connectivity index (χ2v) is 9.94. The van der Waals surface area contributed by atoms with Gasteiger partial charge in [0.1, 0.15) is 12.5 Å². The second-order valence-electron chi connectivity index (χ2n) is 7.76. The maximum Gasteiger partial charge on any atom is 0.238 e. The van der Waals surface area contributed by atoms with Gasteiger partial charge in [-0.15, -0.1) is 0 Å². The lowest BCUT2D eigenvalue weighted by atomic mass is 9.90. The van der Waals surface area contributed by atoms with Crippen LogP contribution in [0.15, 0.2) is 83.9 Å². The first-order valence-electron chi connectivity index (χ1n) is 10.7. The Morgan fingerprint density at radius 3 is 2.29 bits per heavy atom. The van der Waals surface area contributed by atoms with Crippen molar-refractivity contribution in [1.29, 1.82) is 0 Å². The number of amides is 2. The van der Waals surface area contributed by atoms with Crippen molar-refractivity contribution in [2.45, 2.75) is 12.8 Å². The van der Waals surface area contributed by atoms with Gasteiger partial charge in [0.25, 0.3) is 0 Å². The summed E-state index contributed by atoms with van der Waals surface area (Å²) in [5, 5.41) is 2.91. The van der Waals surface area contributed by atoms with Gasteiger partial charge in [0.05, 0.1) is 22.8 Å². The van der Waals surface area contributed by atoms with Crippen molar-refractivity contribution >= 4 is 44.6 Å². The zero-order valence-electron chi connectivity index (χ0n) is 18.5. The van der Waals surface area contributed by atoms with Crippen LogP contribution in [0.1, 0.15) is 24.0 Å². The molecule has 9 heteroatoms. The highest BCUT2D eigenvalue weighted by Gasteiger charge is 2.35. The Kier molecular flexibility index (Phi) is 6.47. The van der Waals surface area contributed by atoms with Crippen LogP contribution in [0.25, 0.3) is 0 Å². The Labute approximate surface area is 198 Å². The van der Waals surface area contributed by atoms with Crippen molar-refractivity contribution in [2.75, 3.05) is 21.9 Å². The Hall–Kier alpha value is -3.98. The topological polar surface area (TPSA) is 122 Å². The third-order valence-electron chi connectivity index (χ3n) is 5.52. The summed E-state index contributed by atoms with van der Waals surface area (Å²) < 4.78 is 25.9. The first-order valence-corrected chi connectivity index (χ1v) is 12.3. The van der Waals surface area contributed by atoms with E-state index in [9.17, 15) is 18.0 Å². The smallest absolute Gasteiger partial charge is 0.238 e. The van der Waals surface area contributed by atoms with E-state index in [1.165, 1.54) is 6.92 Å². The highest BCUT2D eigenvalue weighted by atomic mass is 32.2. The molecule has 1 aliphatic rings. The molecule has 0 saturated heterocycles. The molecule has 0 bridgehead atoms. The molecule has 0 aliphatic carbocycles. The first kappa shape index (κ1) is 23.2. The van der Waals surface area contributed by atoms with Gasteiger partial charge in [-0.1, -0.05) is 48.5 Å². The third-order valence-corrected chi connectivity index (χ3v) is 7.26. The number of rotatable bonds is 8. The van der Waals surface area contributed by atoms with Crippen LogP contribution in [0, 0.1) is 0 Å². The largest absolute Gasteiger partial charge is 0.368 e.